The van der Waals surface area contributed by atoms with Crippen molar-refractivity contribution >= 4 is 43.8 Å². The zero-order valence-electron chi connectivity index (χ0n) is 19.8. The summed E-state index contributed by atoms with van der Waals surface area (Å²) in [6, 6.07) is 0. The summed E-state index contributed by atoms with van der Waals surface area (Å²) in [7, 11) is 2.73. The number of unbranched alkanes of at least 4 members (excludes halogenated alkanes) is 4. The van der Waals surface area contributed by atoms with Crippen molar-refractivity contribution in [1.29, 1.82) is 0 Å². The van der Waals surface area contributed by atoms with E-state index in [1.165, 1.54) is 39.9 Å². The zero-order chi connectivity index (χ0) is 24.3. The Morgan fingerprint density at radius 2 is 1.31 bits per heavy atom. The number of methoxy groups -OCH3 is 2. The lowest BCUT2D eigenvalue weighted by atomic mass is 10.2. The van der Waals surface area contributed by atoms with E-state index in [2.05, 4.69) is 65.1 Å². The highest BCUT2D eigenvalue weighted by Gasteiger charge is 2.19. The second-order valence-electron chi connectivity index (χ2n) is 7.31. The largest absolute Gasteiger partial charge is 0.464 e. The Kier molecular flexibility index (Phi) is 12.8. The SMILES string of the molecule is CCCCCn1c(Br)nc(C(=O)OC)c1C.CCCCCn1c(C)nc(C(=O)OC)c1Br. The first-order valence-corrected chi connectivity index (χ1v) is 12.4. The summed E-state index contributed by atoms with van der Waals surface area (Å²) in [5.41, 5.74) is 1.61. The average molecular weight is 578 g/mol. The molecule has 2 aromatic rings. The number of hydrogen-bond donors (Lipinski definition) is 0. The molecule has 2 heterocycles. The number of imidazole rings is 2. The lowest BCUT2D eigenvalue weighted by Gasteiger charge is -2.06. The van der Waals surface area contributed by atoms with Crippen LogP contribution in [0.2, 0.25) is 0 Å². The standard InChI is InChI=1S/2C11H17BrN2O2/c1-4-5-6-7-14-8(2)13-9(10(14)12)11(15)16-3;1-4-5-6-7-14-8(2)9(10(15)16-3)13-11(14)12/h2*4-7H2,1-3H3. The molecule has 0 aliphatic carbocycles. The molecule has 8 nitrogen and oxygen atoms in total. The molecule has 10 heteroatoms. The first-order valence-electron chi connectivity index (χ1n) is 10.8. The number of hydrogen-bond acceptors (Lipinski definition) is 6. The third-order valence-electron chi connectivity index (χ3n) is 5.00. The van der Waals surface area contributed by atoms with Gasteiger partial charge >= 0.3 is 11.9 Å². The summed E-state index contributed by atoms with van der Waals surface area (Å²) in [5, 5.41) is 0. The Balaban J connectivity index is 0.000000320. The van der Waals surface area contributed by atoms with Crippen LogP contribution in [0.15, 0.2) is 9.34 Å². The minimum atomic E-state index is -0.399. The van der Waals surface area contributed by atoms with Gasteiger partial charge in [0.25, 0.3) is 0 Å². The molecule has 0 spiro atoms. The van der Waals surface area contributed by atoms with E-state index >= 15 is 0 Å². The molecule has 0 aliphatic heterocycles. The van der Waals surface area contributed by atoms with Crippen LogP contribution in [-0.2, 0) is 22.6 Å². The number of aromatic nitrogens is 4. The maximum absolute atomic E-state index is 11.4. The molecule has 2 aromatic heterocycles. The fraction of sp³-hybridized carbons (Fsp3) is 0.636. The highest BCUT2D eigenvalue weighted by Crippen LogP contribution is 2.20. The van der Waals surface area contributed by atoms with Crippen LogP contribution in [0.1, 0.15) is 84.9 Å². The zero-order valence-corrected chi connectivity index (χ0v) is 23.0. The quantitative estimate of drug-likeness (QED) is 0.259. The van der Waals surface area contributed by atoms with E-state index in [0.717, 1.165) is 37.4 Å². The maximum Gasteiger partial charge on any atom is 0.359 e. The summed E-state index contributed by atoms with van der Waals surface area (Å²) < 4.78 is 14.8. The van der Waals surface area contributed by atoms with Gasteiger partial charge in [-0.25, -0.2) is 19.6 Å². The molecule has 0 radical (unpaired) electrons. The van der Waals surface area contributed by atoms with Crippen molar-refractivity contribution in [2.24, 2.45) is 0 Å². The first-order chi connectivity index (χ1) is 15.2. The lowest BCUT2D eigenvalue weighted by molar-refractivity contribution is 0.0584. The third-order valence-corrected chi connectivity index (χ3v) is 6.41. The van der Waals surface area contributed by atoms with Gasteiger partial charge < -0.3 is 18.6 Å². The number of carbonyl (C=O) groups is 2. The van der Waals surface area contributed by atoms with E-state index in [9.17, 15) is 9.59 Å². The van der Waals surface area contributed by atoms with E-state index in [1.54, 1.807) is 0 Å². The fourth-order valence-corrected chi connectivity index (χ4v) is 4.42. The molecule has 0 N–H and O–H groups in total. The van der Waals surface area contributed by atoms with Gasteiger partial charge in [0.05, 0.1) is 19.9 Å². The van der Waals surface area contributed by atoms with Crippen LogP contribution in [0, 0.1) is 13.8 Å². The molecule has 0 unspecified atom stereocenters. The van der Waals surface area contributed by atoms with E-state index < -0.39 is 5.97 Å². The van der Waals surface area contributed by atoms with Crippen LogP contribution >= 0.6 is 31.9 Å². The summed E-state index contributed by atoms with van der Waals surface area (Å²) in [6.07, 6.45) is 6.89. The van der Waals surface area contributed by atoms with Gasteiger partial charge in [-0.3, -0.25) is 0 Å². The Hall–Kier alpha value is -1.68. The molecular formula is C22H34Br2N4O4. The summed E-state index contributed by atoms with van der Waals surface area (Å²) in [5.74, 6) is 0.0556. The number of rotatable bonds is 10. The topological polar surface area (TPSA) is 88.2 Å². The molecule has 0 atom stereocenters. The maximum atomic E-state index is 11.4. The smallest absolute Gasteiger partial charge is 0.359 e. The van der Waals surface area contributed by atoms with Gasteiger partial charge in [0, 0.05) is 13.1 Å². The van der Waals surface area contributed by atoms with Crippen LogP contribution in [0.4, 0.5) is 0 Å². The van der Waals surface area contributed by atoms with Crippen molar-refractivity contribution in [2.45, 2.75) is 79.3 Å². The number of esters is 2. The second-order valence-corrected chi connectivity index (χ2v) is 8.77. The molecule has 0 fully saturated rings. The average Bonchev–Trinajstić information content (AvgIpc) is 3.23. The van der Waals surface area contributed by atoms with Crippen molar-refractivity contribution in [1.82, 2.24) is 19.1 Å². The molecule has 0 saturated carbocycles. The summed E-state index contributed by atoms with van der Waals surface area (Å²) in [6.45, 7) is 9.86. The molecule has 180 valence electrons. The second kappa shape index (κ2) is 14.5. The van der Waals surface area contributed by atoms with Gasteiger partial charge in [-0.2, -0.15) is 0 Å². The predicted molar refractivity (Wildman–Crippen MR) is 131 cm³/mol. The van der Waals surface area contributed by atoms with Gasteiger partial charge in [-0.15, -0.1) is 0 Å². The minimum absolute atomic E-state index is 0.358. The van der Waals surface area contributed by atoms with Crippen molar-refractivity contribution in [3.63, 3.8) is 0 Å². The van der Waals surface area contributed by atoms with Crippen LogP contribution in [-0.4, -0.2) is 45.3 Å². The molecule has 0 aromatic carbocycles. The number of ether oxygens (including phenoxy) is 2. The number of halogens is 2. The fourth-order valence-electron chi connectivity index (χ4n) is 3.11. The molecule has 0 amide bonds. The number of aryl methyl sites for hydroxylation is 1. The van der Waals surface area contributed by atoms with E-state index in [4.69, 9.17) is 0 Å². The van der Waals surface area contributed by atoms with Crippen molar-refractivity contribution in [3.8, 4) is 0 Å². The van der Waals surface area contributed by atoms with Gasteiger partial charge in [-0.1, -0.05) is 39.5 Å². The van der Waals surface area contributed by atoms with E-state index in [1.807, 2.05) is 23.0 Å². The number of nitrogens with zero attached hydrogens (tertiary/aromatic N) is 4. The Morgan fingerprint density at radius 1 is 0.812 bits per heavy atom. The van der Waals surface area contributed by atoms with Gasteiger partial charge in [-0.05, 0) is 58.5 Å². The summed E-state index contributed by atoms with van der Waals surface area (Å²) >= 11 is 6.76. The Labute approximate surface area is 207 Å². The lowest BCUT2D eigenvalue weighted by Crippen LogP contribution is -2.06. The van der Waals surface area contributed by atoms with E-state index in [-0.39, 0.29) is 5.97 Å². The highest BCUT2D eigenvalue weighted by atomic mass is 79.9. The van der Waals surface area contributed by atoms with Crippen molar-refractivity contribution in [3.05, 3.63) is 32.2 Å². The molecular weight excluding hydrogens is 544 g/mol. The van der Waals surface area contributed by atoms with Crippen molar-refractivity contribution in [2.75, 3.05) is 14.2 Å². The molecule has 2 rings (SSSR count). The van der Waals surface area contributed by atoms with Crippen LogP contribution in [0.5, 0.6) is 0 Å². The normalized spacial score (nSPS) is 10.5. The van der Waals surface area contributed by atoms with Crippen LogP contribution < -0.4 is 0 Å². The Morgan fingerprint density at radius 3 is 1.81 bits per heavy atom. The van der Waals surface area contributed by atoms with Crippen LogP contribution in [0.3, 0.4) is 0 Å². The van der Waals surface area contributed by atoms with Gasteiger partial charge in [0.15, 0.2) is 16.1 Å². The molecule has 0 saturated heterocycles. The number of carbonyl (C=O) groups excluding carboxylic acids is 2. The van der Waals surface area contributed by atoms with Gasteiger partial charge in [0.1, 0.15) is 10.4 Å². The Bertz CT molecular complexity index is 821. The van der Waals surface area contributed by atoms with Crippen LogP contribution in [0.25, 0.3) is 0 Å². The summed E-state index contributed by atoms with van der Waals surface area (Å²) in [4.78, 5) is 31.2. The molecule has 0 bridgehead atoms. The minimum Gasteiger partial charge on any atom is -0.464 e. The molecule has 0 aliphatic rings. The first kappa shape index (κ1) is 28.4. The predicted octanol–water partition coefficient (Wildman–Crippen LogP) is 5.86. The highest BCUT2D eigenvalue weighted by molar-refractivity contribution is 9.10. The monoisotopic (exact) mass is 576 g/mol. The molecule has 32 heavy (non-hydrogen) atoms. The van der Waals surface area contributed by atoms with Gasteiger partial charge in [0.2, 0.25) is 0 Å². The third kappa shape index (κ3) is 7.72. The van der Waals surface area contributed by atoms with E-state index in [0.29, 0.717) is 20.7 Å². The van der Waals surface area contributed by atoms with Crippen molar-refractivity contribution < 1.29 is 19.1 Å².